The van der Waals surface area contributed by atoms with E-state index in [9.17, 15) is 0 Å². The van der Waals surface area contributed by atoms with E-state index in [2.05, 4.69) is 30.2 Å². The highest BCUT2D eigenvalue weighted by Crippen LogP contribution is 2.20. The first-order chi connectivity index (χ1) is 4.74. The molecular weight excluding hydrogens is 140 g/mol. The van der Waals surface area contributed by atoms with E-state index in [1.54, 1.807) is 18.2 Å². The molecule has 0 spiro atoms. The predicted octanol–water partition coefficient (Wildman–Crippen LogP) is 1.63. The summed E-state index contributed by atoms with van der Waals surface area (Å²) in [7, 11) is 2.91. The molecule has 0 rings (SSSR count). The molecule has 0 saturated heterocycles. The summed E-state index contributed by atoms with van der Waals surface area (Å²) in [5.41, 5.74) is -0.304. The second-order valence-corrected chi connectivity index (χ2v) is 2.30. The van der Waals surface area contributed by atoms with E-state index in [0.717, 1.165) is 0 Å². The fraction of sp³-hybridized carbons (Fsp3) is 0.250. The van der Waals surface area contributed by atoms with Gasteiger partial charge in [0.25, 0.3) is 0 Å². The van der Waals surface area contributed by atoms with Gasteiger partial charge in [0.15, 0.2) is 0 Å². The predicted molar refractivity (Wildman–Crippen MR) is 44.7 cm³/mol. The highest BCUT2D eigenvalue weighted by atomic mass is 28.2. The van der Waals surface area contributed by atoms with E-state index >= 15 is 0 Å². The minimum Gasteiger partial charge on any atom is -0.417 e. The Bertz CT molecular complexity index is 118. The molecule has 0 unspecified atom stereocenters. The van der Waals surface area contributed by atoms with Crippen molar-refractivity contribution in [3.8, 4) is 0 Å². The van der Waals surface area contributed by atoms with Crippen LogP contribution in [0.3, 0.4) is 0 Å². The third-order valence-electron chi connectivity index (χ3n) is 1.46. The third-order valence-corrected chi connectivity index (χ3v) is 1.61. The highest BCUT2D eigenvalue weighted by molar-refractivity contribution is 5.98. The minimum atomic E-state index is -0.304. The van der Waals surface area contributed by atoms with Crippen molar-refractivity contribution in [3.63, 3.8) is 0 Å². The van der Waals surface area contributed by atoms with E-state index in [4.69, 9.17) is 4.43 Å². The Labute approximate surface area is 65.6 Å². The van der Waals surface area contributed by atoms with Crippen LogP contribution in [0.5, 0.6) is 0 Å². The molecular formula is C8H11OSi. The zero-order valence-corrected chi connectivity index (χ0v) is 6.97. The van der Waals surface area contributed by atoms with Crippen LogP contribution in [0.4, 0.5) is 0 Å². The molecule has 0 aromatic heterocycles. The fourth-order valence-electron chi connectivity index (χ4n) is 0.552. The van der Waals surface area contributed by atoms with Crippen LogP contribution in [-0.4, -0.2) is 17.1 Å². The molecule has 10 heavy (non-hydrogen) atoms. The molecule has 0 aliphatic carbocycles. The summed E-state index contributed by atoms with van der Waals surface area (Å²) in [5.74, 6) is 0. The summed E-state index contributed by atoms with van der Waals surface area (Å²) in [5, 5.41) is 0. The molecule has 0 aromatic carbocycles. The zero-order chi connectivity index (χ0) is 8.04. The fourth-order valence-corrected chi connectivity index (χ4v) is 0.802. The molecule has 0 aliphatic rings. The first kappa shape index (κ1) is 9.40. The first-order valence-corrected chi connectivity index (χ1v) is 3.35. The van der Waals surface area contributed by atoms with E-state index < -0.39 is 0 Å². The topological polar surface area (TPSA) is 9.23 Å². The van der Waals surface area contributed by atoms with E-state index in [1.807, 2.05) is 0 Å². The normalized spacial score (nSPS) is 10.5. The Balaban J connectivity index is 4.29. The molecule has 0 amide bonds. The molecule has 0 bridgehead atoms. The van der Waals surface area contributed by atoms with E-state index in [-0.39, 0.29) is 5.41 Å². The van der Waals surface area contributed by atoms with E-state index in [0.29, 0.717) is 6.61 Å². The summed E-state index contributed by atoms with van der Waals surface area (Å²) in [6.07, 6.45) is 5.23. The smallest absolute Gasteiger partial charge is 0.246 e. The molecule has 0 atom stereocenters. The molecule has 1 nitrogen and oxygen atoms in total. The van der Waals surface area contributed by atoms with Crippen molar-refractivity contribution in [1.29, 1.82) is 0 Å². The maximum atomic E-state index is 4.77. The van der Waals surface area contributed by atoms with Crippen LogP contribution in [0, 0.1) is 5.41 Å². The van der Waals surface area contributed by atoms with Crippen molar-refractivity contribution in [3.05, 3.63) is 38.0 Å². The van der Waals surface area contributed by atoms with Crippen LogP contribution in [0.15, 0.2) is 38.0 Å². The maximum Gasteiger partial charge on any atom is 0.246 e. The summed E-state index contributed by atoms with van der Waals surface area (Å²) >= 11 is 0. The van der Waals surface area contributed by atoms with Gasteiger partial charge in [-0.3, -0.25) is 0 Å². The summed E-state index contributed by atoms with van der Waals surface area (Å²) < 4.78 is 4.77. The lowest BCUT2D eigenvalue weighted by molar-refractivity contribution is 0.284. The van der Waals surface area contributed by atoms with Crippen molar-refractivity contribution in [2.45, 2.75) is 0 Å². The molecule has 0 fully saturated rings. The van der Waals surface area contributed by atoms with Crippen LogP contribution >= 0.6 is 0 Å². The summed E-state index contributed by atoms with van der Waals surface area (Å²) in [6.45, 7) is 11.4. The van der Waals surface area contributed by atoms with Gasteiger partial charge in [0, 0.05) is 12.0 Å². The van der Waals surface area contributed by atoms with Crippen LogP contribution in [-0.2, 0) is 4.43 Å². The Hall–Kier alpha value is -0.603. The molecule has 0 aromatic rings. The van der Waals surface area contributed by atoms with Crippen molar-refractivity contribution in [1.82, 2.24) is 0 Å². The van der Waals surface area contributed by atoms with Gasteiger partial charge in [0.05, 0.1) is 0 Å². The molecule has 3 radical (unpaired) electrons. The van der Waals surface area contributed by atoms with Gasteiger partial charge >= 0.3 is 0 Å². The molecule has 53 valence electrons. The van der Waals surface area contributed by atoms with Gasteiger partial charge < -0.3 is 4.43 Å². The molecule has 0 saturated carbocycles. The summed E-state index contributed by atoms with van der Waals surface area (Å²) in [4.78, 5) is 0. The minimum absolute atomic E-state index is 0.304. The Morgan fingerprint density at radius 3 is 1.70 bits per heavy atom. The third kappa shape index (κ3) is 1.97. The molecule has 0 N–H and O–H groups in total. The van der Waals surface area contributed by atoms with Gasteiger partial charge in [-0.05, 0) is 0 Å². The van der Waals surface area contributed by atoms with Gasteiger partial charge in [-0.25, -0.2) is 0 Å². The van der Waals surface area contributed by atoms with Crippen molar-refractivity contribution in [2.75, 3.05) is 6.61 Å². The second kappa shape index (κ2) is 4.25. The maximum absolute atomic E-state index is 4.77. The standard InChI is InChI=1S/C8H11OSi/c1-4-8(5-2,6-3)7-9-10/h4-6H,1-3,7H2. The highest BCUT2D eigenvalue weighted by Gasteiger charge is 2.16. The monoisotopic (exact) mass is 151 g/mol. The van der Waals surface area contributed by atoms with Crippen molar-refractivity contribution < 1.29 is 4.43 Å². The number of hydrogen-bond donors (Lipinski definition) is 0. The molecule has 0 heterocycles. The lowest BCUT2D eigenvalue weighted by Gasteiger charge is -2.20. The van der Waals surface area contributed by atoms with Gasteiger partial charge in [-0.2, -0.15) is 0 Å². The lowest BCUT2D eigenvalue weighted by Crippen LogP contribution is -2.17. The largest absolute Gasteiger partial charge is 0.417 e. The zero-order valence-electron chi connectivity index (χ0n) is 5.97. The van der Waals surface area contributed by atoms with Crippen molar-refractivity contribution in [2.24, 2.45) is 5.41 Å². The molecule has 0 aliphatic heterocycles. The van der Waals surface area contributed by atoms with Crippen LogP contribution < -0.4 is 0 Å². The second-order valence-electron chi connectivity index (χ2n) is 2.01. The number of hydrogen-bond acceptors (Lipinski definition) is 1. The van der Waals surface area contributed by atoms with Gasteiger partial charge in [0.2, 0.25) is 10.5 Å². The Morgan fingerprint density at radius 1 is 1.20 bits per heavy atom. The van der Waals surface area contributed by atoms with Crippen LogP contribution in [0.25, 0.3) is 0 Å². The quantitative estimate of drug-likeness (QED) is 0.428. The summed E-state index contributed by atoms with van der Waals surface area (Å²) in [6, 6.07) is 0. The Kier molecular flexibility index (Phi) is 3.99. The average molecular weight is 151 g/mol. The van der Waals surface area contributed by atoms with Gasteiger partial charge in [-0.1, -0.05) is 18.2 Å². The first-order valence-electron chi connectivity index (χ1n) is 2.94. The average Bonchev–Trinajstić information content (AvgIpc) is 2.01. The van der Waals surface area contributed by atoms with Crippen LogP contribution in [0.2, 0.25) is 0 Å². The SMILES string of the molecule is C=CC(C=C)(C=C)CO[Si]. The lowest BCUT2D eigenvalue weighted by atomic mass is 9.90. The van der Waals surface area contributed by atoms with Crippen LogP contribution in [0.1, 0.15) is 0 Å². The van der Waals surface area contributed by atoms with Crippen molar-refractivity contribution >= 4 is 10.5 Å². The van der Waals surface area contributed by atoms with Gasteiger partial charge in [-0.15, -0.1) is 19.7 Å². The number of rotatable bonds is 5. The van der Waals surface area contributed by atoms with E-state index in [1.165, 1.54) is 0 Å². The van der Waals surface area contributed by atoms with Gasteiger partial charge in [0.1, 0.15) is 0 Å². The molecule has 2 heteroatoms. The Morgan fingerprint density at radius 2 is 1.60 bits per heavy atom.